The largest absolute Gasteiger partial charge is 0.507 e. The minimum absolute atomic E-state index is 0.125. The summed E-state index contributed by atoms with van der Waals surface area (Å²) in [6.07, 6.45) is 4.48. The van der Waals surface area contributed by atoms with E-state index in [1.165, 1.54) is 37.6 Å². The third-order valence-corrected chi connectivity index (χ3v) is 5.14. The summed E-state index contributed by atoms with van der Waals surface area (Å²) in [5.41, 5.74) is 2.74. The van der Waals surface area contributed by atoms with Gasteiger partial charge in [0, 0.05) is 36.6 Å². The van der Waals surface area contributed by atoms with Gasteiger partial charge in [0.1, 0.15) is 11.5 Å². The Morgan fingerprint density at radius 3 is 2.34 bits per heavy atom. The molecule has 0 saturated heterocycles. The molecule has 0 spiro atoms. The Morgan fingerprint density at radius 2 is 1.62 bits per heavy atom. The summed E-state index contributed by atoms with van der Waals surface area (Å²) in [5, 5.41) is 25.3. The lowest BCUT2D eigenvalue weighted by atomic mass is 10.0. The number of hydrogen-bond acceptors (Lipinski definition) is 6. The molecule has 0 aliphatic carbocycles. The summed E-state index contributed by atoms with van der Waals surface area (Å²) in [5.74, 6) is -1.92. The van der Waals surface area contributed by atoms with Gasteiger partial charge in [0.15, 0.2) is 0 Å². The Labute approximate surface area is 184 Å². The van der Waals surface area contributed by atoms with Gasteiger partial charge in [-0.05, 0) is 42.8 Å². The Hall–Kier alpha value is -4.46. The number of pyridine rings is 1. The second-order valence-corrected chi connectivity index (χ2v) is 7.21. The van der Waals surface area contributed by atoms with Gasteiger partial charge in [0.05, 0.1) is 23.1 Å². The number of benzene rings is 2. The molecule has 0 aliphatic rings. The molecule has 8 heteroatoms. The van der Waals surface area contributed by atoms with Crippen molar-refractivity contribution in [1.82, 2.24) is 19.7 Å². The van der Waals surface area contributed by atoms with Crippen LogP contribution in [0.15, 0.2) is 73.2 Å². The average Bonchev–Trinajstić information content (AvgIpc) is 3.28. The van der Waals surface area contributed by atoms with E-state index in [2.05, 4.69) is 10.1 Å². The molecule has 2 heterocycles. The number of aromatic hydroxyl groups is 2. The third kappa shape index (κ3) is 3.69. The number of phenolic OH excluding ortho intramolecular Hbond substituents is 2. The predicted octanol–water partition coefficient (Wildman–Crippen LogP) is 3.57. The second kappa shape index (κ2) is 8.35. The fourth-order valence-corrected chi connectivity index (χ4v) is 3.42. The Kier molecular flexibility index (Phi) is 5.43. The maximum absolute atomic E-state index is 13.0. The van der Waals surface area contributed by atoms with E-state index in [9.17, 15) is 19.8 Å². The highest BCUT2D eigenvalue weighted by molar-refractivity contribution is 6.11. The zero-order valence-corrected chi connectivity index (χ0v) is 17.4. The molecule has 4 rings (SSSR count). The number of imide groups is 1. The highest BCUT2D eigenvalue weighted by atomic mass is 16.3. The number of nitrogens with zero attached hydrogens (tertiary/aromatic N) is 4. The van der Waals surface area contributed by atoms with Crippen molar-refractivity contribution in [2.75, 3.05) is 7.05 Å². The molecule has 0 unspecified atom stereocenters. The number of carbonyl (C=O) groups excluding carboxylic acids is 2. The van der Waals surface area contributed by atoms with E-state index in [1.54, 1.807) is 16.9 Å². The van der Waals surface area contributed by atoms with Crippen molar-refractivity contribution in [1.29, 1.82) is 0 Å². The van der Waals surface area contributed by atoms with Crippen LogP contribution in [0.25, 0.3) is 16.9 Å². The lowest BCUT2D eigenvalue weighted by Crippen LogP contribution is -2.33. The van der Waals surface area contributed by atoms with E-state index >= 15 is 0 Å². The summed E-state index contributed by atoms with van der Waals surface area (Å²) in [4.78, 5) is 30.5. The van der Waals surface area contributed by atoms with Crippen LogP contribution in [0.1, 0.15) is 26.3 Å². The normalized spacial score (nSPS) is 10.7. The summed E-state index contributed by atoms with van der Waals surface area (Å²) in [7, 11) is 1.33. The van der Waals surface area contributed by atoms with Crippen LogP contribution >= 0.6 is 0 Å². The molecule has 2 aromatic carbocycles. The number of phenols is 2. The molecule has 0 radical (unpaired) electrons. The first kappa shape index (κ1) is 20.8. The van der Waals surface area contributed by atoms with Gasteiger partial charge >= 0.3 is 0 Å². The van der Waals surface area contributed by atoms with Crippen molar-refractivity contribution in [3.8, 4) is 28.4 Å². The molecular formula is C24H20N4O4. The van der Waals surface area contributed by atoms with Crippen LogP contribution in [0.3, 0.4) is 0 Å². The smallest absolute Gasteiger partial charge is 0.264 e. The molecule has 0 fully saturated rings. The number of para-hydroxylation sites is 1. The number of aryl methyl sites for hydroxylation is 1. The van der Waals surface area contributed by atoms with Gasteiger partial charge in [-0.1, -0.05) is 18.2 Å². The number of carbonyl (C=O) groups is 2. The molecule has 0 atom stereocenters. The van der Waals surface area contributed by atoms with Crippen LogP contribution in [-0.4, -0.2) is 48.7 Å². The lowest BCUT2D eigenvalue weighted by Gasteiger charge is -2.18. The first-order valence-electron chi connectivity index (χ1n) is 9.77. The lowest BCUT2D eigenvalue weighted by molar-refractivity contribution is 0.0654. The number of amides is 2. The fraction of sp³-hybridized carbons (Fsp3) is 0.0833. The number of rotatable bonds is 4. The minimum Gasteiger partial charge on any atom is -0.507 e. The average molecular weight is 428 g/mol. The van der Waals surface area contributed by atoms with Gasteiger partial charge in [-0.2, -0.15) is 5.10 Å². The van der Waals surface area contributed by atoms with E-state index in [-0.39, 0.29) is 22.4 Å². The van der Waals surface area contributed by atoms with Crippen LogP contribution in [0.4, 0.5) is 0 Å². The van der Waals surface area contributed by atoms with Gasteiger partial charge in [-0.3, -0.25) is 19.5 Å². The molecule has 8 nitrogen and oxygen atoms in total. The molecule has 0 saturated carbocycles. The third-order valence-electron chi connectivity index (χ3n) is 5.14. The van der Waals surface area contributed by atoms with Crippen molar-refractivity contribution in [3.63, 3.8) is 0 Å². The van der Waals surface area contributed by atoms with Crippen LogP contribution in [0.5, 0.6) is 11.5 Å². The topological polar surface area (TPSA) is 109 Å². The van der Waals surface area contributed by atoms with Gasteiger partial charge in [-0.15, -0.1) is 0 Å². The standard InChI is InChI=1S/C24H20N4O4/c1-15-5-3-4-6-19(15)28-20(9-12-26-28)17-13-18(22(30)14-21(17)29)24(32)27(2)23(31)16-7-10-25-11-8-16/h3-14,29-30H,1-2H3. The summed E-state index contributed by atoms with van der Waals surface area (Å²) in [6, 6.07) is 14.7. The van der Waals surface area contributed by atoms with E-state index in [0.29, 0.717) is 5.69 Å². The van der Waals surface area contributed by atoms with Crippen molar-refractivity contribution < 1.29 is 19.8 Å². The molecular weight excluding hydrogens is 408 g/mol. The highest BCUT2D eigenvalue weighted by Crippen LogP contribution is 2.36. The van der Waals surface area contributed by atoms with Crippen molar-refractivity contribution in [3.05, 3.63) is 89.9 Å². The molecule has 0 aliphatic heterocycles. The monoisotopic (exact) mass is 428 g/mol. The van der Waals surface area contributed by atoms with Gasteiger partial charge in [0.2, 0.25) is 0 Å². The zero-order valence-electron chi connectivity index (χ0n) is 17.4. The van der Waals surface area contributed by atoms with E-state index in [0.717, 1.165) is 22.2 Å². The van der Waals surface area contributed by atoms with Crippen molar-refractivity contribution in [2.45, 2.75) is 6.92 Å². The molecule has 0 bridgehead atoms. The molecule has 160 valence electrons. The van der Waals surface area contributed by atoms with Gasteiger partial charge in [-0.25, -0.2) is 4.68 Å². The quantitative estimate of drug-likeness (QED) is 0.481. The predicted molar refractivity (Wildman–Crippen MR) is 118 cm³/mol. The summed E-state index contributed by atoms with van der Waals surface area (Å²) in [6.45, 7) is 1.94. The van der Waals surface area contributed by atoms with Gasteiger partial charge in [0.25, 0.3) is 11.8 Å². The van der Waals surface area contributed by atoms with E-state index < -0.39 is 17.6 Å². The molecule has 4 aromatic rings. The second-order valence-electron chi connectivity index (χ2n) is 7.21. The highest BCUT2D eigenvalue weighted by Gasteiger charge is 2.25. The SMILES string of the molecule is Cc1ccccc1-n1nccc1-c1cc(C(=O)N(C)C(=O)c2ccncc2)c(O)cc1O. The fourth-order valence-electron chi connectivity index (χ4n) is 3.42. The molecule has 32 heavy (non-hydrogen) atoms. The number of aromatic nitrogens is 3. The van der Waals surface area contributed by atoms with Crippen LogP contribution in [0.2, 0.25) is 0 Å². The molecule has 2 amide bonds. The Morgan fingerprint density at radius 1 is 0.906 bits per heavy atom. The van der Waals surface area contributed by atoms with E-state index in [4.69, 9.17) is 0 Å². The summed E-state index contributed by atoms with van der Waals surface area (Å²) >= 11 is 0. The molecule has 2 N–H and O–H groups in total. The summed E-state index contributed by atoms with van der Waals surface area (Å²) < 4.78 is 1.64. The van der Waals surface area contributed by atoms with E-state index in [1.807, 2.05) is 31.2 Å². The van der Waals surface area contributed by atoms with Crippen molar-refractivity contribution in [2.24, 2.45) is 0 Å². The minimum atomic E-state index is -0.715. The number of hydrogen-bond donors (Lipinski definition) is 2. The molecule has 2 aromatic heterocycles. The van der Waals surface area contributed by atoms with Gasteiger partial charge < -0.3 is 10.2 Å². The zero-order chi connectivity index (χ0) is 22.8. The van der Waals surface area contributed by atoms with Crippen LogP contribution in [-0.2, 0) is 0 Å². The Balaban J connectivity index is 1.76. The Bertz CT molecular complexity index is 1310. The van der Waals surface area contributed by atoms with Crippen molar-refractivity contribution >= 4 is 11.8 Å². The van der Waals surface area contributed by atoms with Crippen LogP contribution in [0, 0.1) is 6.92 Å². The first-order chi connectivity index (χ1) is 15.4. The van der Waals surface area contributed by atoms with Crippen LogP contribution < -0.4 is 0 Å². The maximum atomic E-state index is 13.0. The maximum Gasteiger partial charge on any atom is 0.264 e. The first-order valence-corrected chi connectivity index (χ1v) is 9.77.